The molecule has 2 N–H and O–H groups in total. The molecule has 6 heteroatoms. The molecule has 0 saturated carbocycles. The molecule has 0 saturated heterocycles. The Bertz CT molecular complexity index is 908. The summed E-state index contributed by atoms with van der Waals surface area (Å²) < 4.78 is 18.4. The van der Waals surface area contributed by atoms with Crippen LogP contribution in [-0.4, -0.2) is 17.4 Å². The summed E-state index contributed by atoms with van der Waals surface area (Å²) in [7, 11) is 0. The van der Waals surface area contributed by atoms with Gasteiger partial charge in [0, 0.05) is 17.8 Å². The standard InChI is InChI=1S/C21H18FN3O2/c22-18-9-11-19(12-10-18)27-20-13-8-17(15-24-20)21(23)25-26-14-4-7-16-5-2-1-3-6-16/h1-13,15H,14H2,(H2,23,25)/b7-4+. The molecule has 3 rings (SSSR count). The SMILES string of the molecule is N/C(=N\OC/C=C/c1ccccc1)c1ccc(Oc2ccc(F)cc2)nc1. The van der Waals surface area contributed by atoms with Crippen molar-refractivity contribution in [2.24, 2.45) is 10.9 Å². The van der Waals surface area contributed by atoms with E-state index < -0.39 is 0 Å². The lowest BCUT2D eigenvalue weighted by molar-refractivity contribution is 0.175. The van der Waals surface area contributed by atoms with E-state index in [1.54, 1.807) is 12.1 Å². The summed E-state index contributed by atoms with van der Waals surface area (Å²) in [5, 5.41) is 3.87. The van der Waals surface area contributed by atoms with Gasteiger partial charge in [0.25, 0.3) is 0 Å². The van der Waals surface area contributed by atoms with Gasteiger partial charge in [-0.3, -0.25) is 0 Å². The summed E-state index contributed by atoms with van der Waals surface area (Å²) in [4.78, 5) is 9.35. The number of aromatic nitrogens is 1. The van der Waals surface area contributed by atoms with E-state index in [-0.39, 0.29) is 11.7 Å². The molecule has 136 valence electrons. The number of nitrogens with two attached hydrogens (primary N) is 1. The fourth-order valence-corrected chi connectivity index (χ4v) is 2.17. The number of ether oxygens (including phenoxy) is 1. The number of benzene rings is 2. The summed E-state index contributed by atoms with van der Waals surface area (Å²) in [6.45, 7) is 0.300. The highest BCUT2D eigenvalue weighted by Gasteiger charge is 2.03. The molecule has 0 bridgehead atoms. The lowest BCUT2D eigenvalue weighted by Gasteiger charge is -2.05. The van der Waals surface area contributed by atoms with Gasteiger partial charge in [-0.15, -0.1) is 0 Å². The average Bonchev–Trinajstić information content (AvgIpc) is 2.71. The molecule has 1 heterocycles. The van der Waals surface area contributed by atoms with Crippen molar-refractivity contribution in [2.45, 2.75) is 0 Å². The third kappa shape index (κ3) is 5.67. The van der Waals surface area contributed by atoms with Crippen LogP contribution in [0.2, 0.25) is 0 Å². The van der Waals surface area contributed by atoms with E-state index >= 15 is 0 Å². The first-order valence-electron chi connectivity index (χ1n) is 8.27. The van der Waals surface area contributed by atoms with Crippen molar-refractivity contribution < 1.29 is 14.0 Å². The third-order valence-corrected chi connectivity index (χ3v) is 3.51. The van der Waals surface area contributed by atoms with E-state index in [0.717, 1.165) is 5.56 Å². The second-order valence-electron chi connectivity index (χ2n) is 5.53. The first-order valence-corrected chi connectivity index (χ1v) is 8.27. The second kappa shape index (κ2) is 9.15. The summed E-state index contributed by atoms with van der Waals surface area (Å²) in [6.07, 6.45) is 5.32. The zero-order chi connectivity index (χ0) is 18.9. The van der Waals surface area contributed by atoms with Crippen molar-refractivity contribution in [1.29, 1.82) is 0 Å². The van der Waals surface area contributed by atoms with Gasteiger partial charge in [0.2, 0.25) is 5.88 Å². The van der Waals surface area contributed by atoms with Crippen molar-refractivity contribution >= 4 is 11.9 Å². The average molecular weight is 363 g/mol. The highest BCUT2D eigenvalue weighted by molar-refractivity contribution is 5.96. The number of oxime groups is 1. The van der Waals surface area contributed by atoms with E-state index in [1.165, 1.54) is 30.5 Å². The molecule has 0 atom stereocenters. The quantitative estimate of drug-likeness (QED) is 0.293. The van der Waals surface area contributed by atoms with Crippen molar-refractivity contribution in [3.63, 3.8) is 0 Å². The number of rotatable bonds is 7. The molecular weight excluding hydrogens is 345 g/mol. The van der Waals surface area contributed by atoms with E-state index in [0.29, 0.717) is 23.8 Å². The maximum absolute atomic E-state index is 12.9. The van der Waals surface area contributed by atoms with Crippen LogP contribution in [-0.2, 0) is 4.84 Å². The van der Waals surface area contributed by atoms with E-state index in [2.05, 4.69) is 10.1 Å². The van der Waals surface area contributed by atoms with E-state index in [9.17, 15) is 4.39 Å². The summed E-state index contributed by atoms with van der Waals surface area (Å²) in [6, 6.07) is 18.9. The maximum atomic E-state index is 12.9. The highest BCUT2D eigenvalue weighted by atomic mass is 19.1. The number of amidine groups is 1. The molecule has 0 fully saturated rings. The van der Waals surface area contributed by atoms with Crippen molar-refractivity contribution in [2.75, 3.05) is 6.61 Å². The van der Waals surface area contributed by atoms with Gasteiger partial charge in [-0.2, -0.15) is 0 Å². The largest absolute Gasteiger partial charge is 0.439 e. The molecule has 0 aliphatic carbocycles. The van der Waals surface area contributed by atoms with Crippen LogP contribution in [0.15, 0.2) is 84.2 Å². The summed E-state index contributed by atoms with van der Waals surface area (Å²) in [5.74, 6) is 0.744. The fourth-order valence-electron chi connectivity index (χ4n) is 2.17. The Morgan fingerprint density at radius 3 is 2.52 bits per heavy atom. The number of pyridine rings is 1. The summed E-state index contributed by atoms with van der Waals surface area (Å²) >= 11 is 0. The van der Waals surface area contributed by atoms with E-state index in [4.69, 9.17) is 15.3 Å². The Labute approximate surface area is 156 Å². The zero-order valence-corrected chi connectivity index (χ0v) is 14.5. The predicted octanol–water partition coefficient (Wildman–Crippen LogP) is 4.36. The topological polar surface area (TPSA) is 69.7 Å². The molecule has 0 amide bonds. The highest BCUT2D eigenvalue weighted by Crippen LogP contribution is 2.19. The summed E-state index contributed by atoms with van der Waals surface area (Å²) in [5.41, 5.74) is 7.57. The molecular formula is C21H18FN3O2. The molecule has 27 heavy (non-hydrogen) atoms. The maximum Gasteiger partial charge on any atom is 0.219 e. The Balaban J connectivity index is 1.52. The van der Waals surface area contributed by atoms with Gasteiger partial charge in [0.1, 0.15) is 18.2 Å². The normalized spacial score (nSPS) is 11.5. The first kappa shape index (κ1) is 18.1. The fraction of sp³-hybridized carbons (Fsp3) is 0.0476. The van der Waals surface area contributed by atoms with Crippen LogP contribution in [0, 0.1) is 5.82 Å². The van der Waals surface area contributed by atoms with Gasteiger partial charge < -0.3 is 15.3 Å². The minimum absolute atomic E-state index is 0.212. The van der Waals surface area contributed by atoms with Gasteiger partial charge in [-0.05, 0) is 42.0 Å². The van der Waals surface area contributed by atoms with Crippen LogP contribution in [0.5, 0.6) is 11.6 Å². The first-order chi connectivity index (χ1) is 13.2. The Morgan fingerprint density at radius 1 is 1.04 bits per heavy atom. The van der Waals surface area contributed by atoms with Gasteiger partial charge in [-0.25, -0.2) is 9.37 Å². The van der Waals surface area contributed by atoms with Crippen LogP contribution in [0.3, 0.4) is 0 Å². The molecule has 2 aromatic carbocycles. The number of halogens is 1. The molecule has 0 spiro atoms. The molecule has 5 nitrogen and oxygen atoms in total. The van der Waals surface area contributed by atoms with Crippen molar-refractivity contribution in [3.05, 3.63) is 95.9 Å². The third-order valence-electron chi connectivity index (χ3n) is 3.51. The monoisotopic (exact) mass is 363 g/mol. The minimum atomic E-state index is -0.326. The molecule has 0 aliphatic heterocycles. The van der Waals surface area contributed by atoms with Crippen molar-refractivity contribution in [1.82, 2.24) is 4.98 Å². The predicted molar refractivity (Wildman–Crippen MR) is 103 cm³/mol. The lowest BCUT2D eigenvalue weighted by Crippen LogP contribution is -2.14. The number of hydrogen-bond acceptors (Lipinski definition) is 4. The Morgan fingerprint density at radius 2 is 1.81 bits per heavy atom. The number of hydrogen-bond donors (Lipinski definition) is 1. The van der Waals surface area contributed by atoms with E-state index in [1.807, 2.05) is 42.5 Å². The van der Waals surface area contributed by atoms with Gasteiger partial charge in [-0.1, -0.05) is 41.6 Å². The molecule has 0 unspecified atom stereocenters. The van der Waals surface area contributed by atoms with Gasteiger partial charge in [0.05, 0.1) is 0 Å². The van der Waals surface area contributed by atoms with Crippen LogP contribution < -0.4 is 10.5 Å². The molecule has 1 aromatic heterocycles. The van der Waals surface area contributed by atoms with Crippen LogP contribution in [0.4, 0.5) is 4.39 Å². The Hall–Kier alpha value is -3.67. The smallest absolute Gasteiger partial charge is 0.219 e. The zero-order valence-electron chi connectivity index (χ0n) is 14.5. The van der Waals surface area contributed by atoms with Crippen LogP contribution in [0.25, 0.3) is 6.08 Å². The lowest BCUT2D eigenvalue weighted by atomic mass is 10.2. The van der Waals surface area contributed by atoms with Crippen molar-refractivity contribution in [3.8, 4) is 11.6 Å². The van der Waals surface area contributed by atoms with Crippen LogP contribution >= 0.6 is 0 Å². The minimum Gasteiger partial charge on any atom is -0.439 e. The molecule has 3 aromatic rings. The van der Waals surface area contributed by atoms with Gasteiger partial charge >= 0.3 is 0 Å². The Kier molecular flexibility index (Phi) is 6.14. The van der Waals surface area contributed by atoms with Crippen LogP contribution in [0.1, 0.15) is 11.1 Å². The van der Waals surface area contributed by atoms with Gasteiger partial charge in [0.15, 0.2) is 5.84 Å². The number of nitrogens with zero attached hydrogens (tertiary/aromatic N) is 2. The molecule has 0 aliphatic rings. The molecule has 0 radical (unpaired) electrons. The second-order valence-corrected chi connectivity index (χ2v) is 5.53.